The van der Waals surface area contributed by atoms with Crippen LogP contribution in [0, 0.1) is 6.42 Å². The van der Waals surface area contributed by atoms with Gasteiger partial charge < -0.3 is 18.8 Å². The van der Waals surface area contributed by atoms with Crippen molar-refractivity contribution in [2.24, 2.45) is 0 Å². The Morgan fingerprint density at radius 2 is 1.38 bits per heavy atom. The standard InChI is InChI=1S/C6H11.ClH.Mg/c1-2-4-6-5-3-1;;/h1H,2-6H2;1H;/q-1;;+2/p-1. The van der Waals surface area contributed by atoms with Gasteiger partial charge in [-0.2, -0.15) is 12.8 Å². The molecule has 44 valence electrons. The van der Waals surface area contributed by atoms with Crippen molar-refractivity contribution >= 4 is 23.1 Å². The van der Waals surface area contributed by atoms with Crippen molar-refractivity contribution in [1.29, 1.82) is 0 Å². The average Bonchev–Trinajstić information content (AvgIpc) is 1.72. The normalized spacial score (nSPS) is 18.0. The van der Waals surface area contributed by atoms with Crippen LogP contribution in [0.2, 0.25) is 0 Å². The molecule has 0 heterocycles. The van der Waals surface area contributed by atoms with Crippen molar-refractivity contribution in [3.8, 4) is 0 Å². The number of hydrogen-bond acceptors (Lipinski definition) is 0. The maximum atomic E-state index is 2.39. The first-order valence-electron chi connectivity index (χ1n) is 2.82. The fourth-order valence-corrected chi connectivity index (χ4v) is 0.898. The van der Waals surface area contributed by atoms with E-state index in [-0.39, 0.29) is 35.5 Å². The van der Waals surface area contributed by atoms with Gasteiger partial charge in [-0.3, -0.25) is 0 Å². The monoisotopic (exact) mass is 142 g/mol. The molecular formula is C6H11ClMg. The summed E-state index contributed by atoms with van der Waals surface area (Å²) in [4.78, 5) is 0. The van der Waals surface area contributed by atoms with Gasteiger partial charge in [0.25, 0.3) is 0 Å². The van der Waals surface area contributed by atoms with Gasteiger partial charge in [-0.25, -0.2) is 0 Å². The predicted molar refractivity (Wildman–Crippen MR) is 33.1 cm³/mol. The smallest absolute Gasteiger partial charge is 1.00 e. The zero-order valence-corrected chi connectivity index (χ0v) is 7.37. The number of hydrogen-bond donors (Lipinski definition) is 0. The van der Waals surface area contributed by atoms with Gasteiger partial charge >= 0.3 is 23.1 Å². The first-order chi connectivity index (χ1) is 3.00. The third kappa shape index (κ3) is 5.20. The largest absolute Gasteiger partial charge is 2.00 e. The van der Waals surface area contributed by atoms with E-state index < -0.39 is 0 Å². The molecule has 0 spiro atoms. The van der Waals surface area contributed by atoms with E-state index in [2.05, 4.69) is 6.42 Å². The fraction of sp³-hybridized carbons (Fsp3) is 0.833. The third-order valence-electron chi connectivity index (χ3n) is 1.32. The quantitative estimate of drug-likeness (QED) is 0.294. The molecule has 0 unspecified atom stereocenters. The van der Waals surface area contributed by atoms with E-state index in [4.69, 9.17) is 0 Å². The molecule has 1 saturated carbocycles. The summed E-state index contributed by atoms with van der Waals surface area (Å²) in [6.07, 6.45) is 9.50. The minimum atomic E-state index is 0. The molecule has 0 saturated heterocycles. The maximum Gasteiger partial charge on any atom is 2.00 e. The van der Waals surface area contributed by atoms with E-state index in [1.807, 2.05) is 0 Å². The van der Waals surface area contributed by atoms with Crippen molar-refractivity contribution in [3.05, 3.63) is 6.42 Å². The van der Waals surface area contributed by atoms with E-state index >= 15 is 0 Å². The van der Waals surface area contributed by atoms with E-state index in [0.717, 1.165) is 0 Å². The summed E-state index contributed by atoms with van der Waals surface area (Å²) >= 11 is 0. The van der Waals surface area contributed by atoms with Crippen LogP contribution < -0.4 is 12.4 Å². The minimum absolute atomic E-state index is 0. The molecule has 1 fully saturated rings. The molecule has 0 aromatic heterocycles. The third-order valence-corrected chi connectivity index (χ3v) is 1.32. The number of halogens is 1. The predicted octanol–water partition coefficient (Wildman–Crippen LogP) is -1.22. The second kappa shape index (κ2) is 8.06. The summed E-state index contributed by atoms with van der Waals surface area (Å²) < 4.78 is 0. The zero-order chi connectivity index (χ0) is 4.24. The fourth-order valence-electron chi connectivity index (χ4n) is 0.898. The molecule has 0 N–H and O–H groups in total. The summed E-state index contributed by atoms with van der Waals surface area (Å²) in [5.74, 6) is 0. The van der Waals surface area contributed by atoms with E-state index in [1.54, 1.807) is 0 Å². The van der Waals surface area contributed by atoms with Gasteiger partial charge in [0.15, 0.2) is 0 Å². The Hall–Kier alpha value is 1.06. The molecule has 8 heavy (non-hydrogen) atoms. The van der Waals surface area contributed by atoms with E-state index in [1.165, 1.54) is 32.1 Å². The Kier molecular flexibility index (Phi) is 11.9. The Bertz CT molecular complexity index is 24.0. The molecule has 0 radical (unpaired) electrons. The molecule has 0 aromatic rings. The van der Waals surface area contributed by atoms with E-state index in [9.17, 15) is 0 Å². The second-order valence-electron chi connectivity index (χ2n) is 1.93. The molecule has 1 aliphatic carbocycles. The Morgan fingerprint density at radius 1 is 0.875 bits per heavy atom. The maximum absolute atomic E-state index is 2.39. The van der Waals surface area contributed by atoms with Crippen LogP contribution in [0.5, 0.6) is 0 Å². The molecule has 2 heteroatoms. The molecule has 0 amide bonds. The van der Waals surface area contributed by atoms with Gasteiger partial charge in [0.2, 0.25) is 0 Å². The Morgan fingerprint density at radius 3 is 1.50 bits per heavy atom. The van der Waals surface area contributed by atoms with Gasteiger partial charge in [-0.1, -0.05) is 19.3 Å². The molecule has 1 aliphatic rings. The van der Waals surface area contributed by atoms with E-state index in [0.29, 0.717) is 0 Å². The first kappa shape index (κ1) is 11.8. The Labute approximate surface area is 74.0 Å². The molecular weight excluding hydrogens is 132 g/mol. The summed E-state index contributed by atoms with van der Waals surface area (Å²) in [5, 5.41) is 0. The van der Waals surface area contributed by atoms with Crippen LogP contribution in [0.25, 0.3) is 0 Å². The Balaban J connectivity index is 0. The van der Waals surface area contributed by atoms with Crippen molar-refractivity contribution in [3.63, 3.8) is 0 Å². The van der Waals surface area contributed by atoms with Gasteiger partial charge in [0, 0.05) is 0 Å². The SMILES string of the molecule is [CH-]1CCCCC1.[Cl-].[Mg+2]. The van der Waals surface area contributed by atoms with Crippen LogP contribution in [0.3, 0.4) is 0 Å². The van der Waals surface area contributed by atoms with Crippen LogP contribution in [-0.4, -0.2) is 23.1 Å². The molecule has 0 aliphatic heterocycles. The first-order valence-corrected chi connectivity index (χ1v) is 2.82. The van der Waals surface area contributed by atoms with Gasteiger partial charge in [0.05, 0.1) is 0 Å². The number of rotatable bonds is 0. The summed E-state index contributed by atoms with van der Waals surface area (Å²) in [6.45, 7) is 0. The van der Waals surface area contributed by atoms with Crippen molar-refractivity contribution in [2.75, 3.05) is 0 Å². The molecule has 0 nitrogen and oxygen atoms in total. The van der Waals surface area contributed by atoms with Crippen LogP contribution in [-0.2, 0) is 0 Å². The van der Waals surface area contributed by atoms with Crippen LogP contribution in [0.1, 0.15) is 32.1 Å². The minimum Gasteiger partial charge on any atom is -1.00 e. The molecule has 1 rings (SSSR count). The van der Waals surface area contributed by atoms with Crippen molar-refractivity contribution in [2.45, 2.75) is 32.1 Å². The average molecular weight is 143 g/mol. The molecule has 0 bridgehead atoms. The summed E-state index contributed by atoms with van der Waals surface area (Å²) in [5.41, 5.74) is 0. The van der Waals surface area contributed by atoms with Gasteiger partial charge in [-0.05, 0) is 0 Å². The van der Waals surface area contributed by atoms with Crippen molar-refractivity contribution in [1.82, 2.24) is 0 Å². The van der Waals surface area contributed by atoms with Crippen molar-refractivity contribution < 1.29 is 12.4 Å². The van der Waals surface area contributed by atoms with Gasteiger partial charge in [0.1, 0.15) is 0 Å². The zero-order valence-electron chi connectivity index (χ0n) is 5.20. The molecule has 0 atom stereocenters. The van der Waals surface area contributed by atoms with Gasteiger partial charge in [-0.15, -0.1) is 0 Å². The van der Waals surface area contributed by atoms with Crippen LogP contribution in [0.4, 0.5) is 0 Å². The van der Waals surface area contributed by atoms with Crippen LogP contribution >= 0.6 is 0 Å². The topological polar surface area (TPSA) is 0 Å². The van der Waals surface area contributed by atoms with Crippen LogP contribution in [0.15, 0.2) is 0 Å². The summed E-state index contributed by atoms with van der Waals surface area (Å²) in [6, 6.07) is 0. The summed E-state index contributed by atoms with van der Waals surface area (Å²) in [7, 11) is 0. The molecule has 0 aromatic carbocycles. The second-order valence-corrected chi connectivity index (χ2v) is 1.93.